The molecule has 0 unspecified atom stereocenters. The summed E-state index contributed by atoms with van der Waals surface area (Å²) >= 11 is 0. The fourth-order valence-electron chi connectivity index (χ4n) is 1.83. The minimum Gasteiger partial charge on any atom is -0.465 e. The van der Waals surface area contributed by atoms with Gasteiger partial charge < -0.3 is 15.3 Å². The Hall–Kier alpha value is -1.92. The maximum Gasteiger partial charge on any atom is 0.416 e. The minimum absolute atomic E-state index is 0.0931. The van der Waals surface area contributed by atoms with Gasteiger partial charge in [-0.15, -0.1) is 0 Å². The molecule has 2 N–H and O–H groups in total. The van der Waals surface area contributed by atoms with Crippen molar-refractivity contribution in [3.8, 4) is 0 Å². The Morgan fingerprint density at radius 1 is 1.39 bits per heavy atom. The van der Waals surface area contributed by atoms with Crippen molar-refractivity contribution in [1.82, 2.24) is 4.90 Å². The summed E-state index contributed by atoms with van der Waals surface area (Å²) in [5.74, 6) is 0. The zero-order valence-electron chi connectivity index (χ0n) is 9.29. The number of alkyl halides is 3. The van der Waals surface area contributed by atoms with Gasteiger partial charge in [0.2, 0.25) is 0 Å². The maximum atomic E-state index is 12.5. The number of rotatable bonds is 0. The molecule has 0 fully saturated rings. The molecule has 2 rings (SSSR count). The van der Waals surface area contributed by atoms with Crippen LogP contribution in [0.2, 0.25) is 0 Å². The molecule has 1 aromatic rings. The van der Waals surface area contributed by atoms with E-state index in [9.17, 15) is 18.0 Å². The Bertz CT molecular complexity index is 474. The van der Waals surface area contributed by atoms with Gasteiger partial charge in [-0.25, -0.2) is 4.79 Å². The molecule has 0 atom stereocenters. The van der Waals surface area contributed by atoms with Gasteiger partial charge in [-0.2, -0.15) is 13.2 Å². The van der Waals surface area contributed by atoms with Crippen LogP contribution in [0.5, 0.6) is 0 Å². The van der Waals surface area contributed by atoms with E-state index < -0.39 is 17.8 Å². The molecule has 18 heavy (non-hydrogen) atoms. The summed E-state index contributed by atoms with van der Waals surface area (Å²) in [5.41, 5.74) is 0.147. The second-order valence-corrected chi connectivity index (χ2v) is 4.00. The third-order valence-corrected chi connectivity index (χ3v) is 2.77. The van der Waals surface area contributed by atoms with Crippen LogP contribution in [-0.2, 0) is 12.7 Å². The van der Waals surface area contributed by atoms with Crippen molar-refractivity contribution in [2.45, 2.75) is 12.7 Å². The van der Waals surface area contributed by atoms with Crippen molar-refractivity contribution < 1.29 is 23.1 Å². The number of benzene rings is 1. The highest BCUT2D eigenvalue weighted by atomic mass is 19.4. The molecule has 0 bridgehead atoms. The van der Waals surface area contributed by atoms with Gasteiger partial charge in [-0.1, -0.05) is 6.07 Å². The molecule has 0 aliphatic carbocycles. The Morgan fingerprint density at radius 3 is 2.72 bits per heavy atom. The van der Waals surface area contributed by atoms with Gasteiger partial charge in [0.1, 0.15) is 0 Å². The van der Waals surface area contributed by atoms with Crippen LogP contribution in [0.3, 0.4) is 0 Å². The van der Waals surface area contributed by atoms with Crippen LogP contribution >= 0.6 is 0 Å². The zero-order valence-corrected chi connectivity index (χ0v) is 9.29. The molecular formula is C11H11F3N2O2. The monoisotopic (exact) mass is 260 g/mol. The number of fused-ring (bicyclic) bond motifs is 1. The van der Waals surface area contributed by atoms with Crippen molar-refractivity contribution in [2.75, 3.05) is 18.4 Å². The molecule has 0 saturated carbocycles. The molecule has 1 aliphatic heterocycles. The largest absolute Gasteiger partial charge is 0.465 e. The predicted molar refractivity (Wildman–Crippen MR) is 58.4 cm³/mol. The number of nitrogens with one attached hydrogen (secondary N) is 1. The molecule has 1 aliphatic rings. The molecule has 0 spiro atoms. The third kappa shape index (κ3) is 2.49. The van der Waals surface area contributed by atoms with E-state index >= 15 is 0 Å². The Kier molecular flexibility index (Phi) is 3.06. The van der Waals surface area contributed by atoms with E-state index in [0.717, 1.165) is 17.0 Å². The summed E-state index contributed by atoms with van der Waals surface area (Å²) < 4.78 is 37.6. The summed E-state index contributed by atoms with van der Waals surface area (Å²) in [6.07, 6.45) is -5.47. The van der Waals surface area contributed by atoms with Crippen molar-refractivity contribution in [3.63, 3.8) is 0 Å². The first-order valence-corrected chi connectivity index (χ1v) is 5.30. The molecule has 1 heterocycles. The van der Waals surface area contributed by atoms with Gasteiger partial charge >= 0.3 is 12.3 Å². The molecule has 1 aromatic carbocycles. The van der Waals surface area contributed by atoms with E-state index in [4.69, 9.17) is 5.11 Å². The Labute approximate surface area is 101 Å². The lowest BCUT2D eigenvalue weighted by molar-refractivity contribution is -0.137. The molecular weight excluding hydrogens is 249 g/mol. The number of nitrogens with zero attached hydrogens (tertiary/aromatic N) is 1. The van der Waals surface area contributed by atoms with Crippen molar-refractivity contribution >= 4 is 11.8 Å². The number of hydrogen-bond acceptors (Lipinski definition) is 2. The van der Waals surface area contributed by atoms with Crippen molar-refractivity contribution in [2.24, 2.45) is 0 Å². The minimum atomic E-state index is -4.39. The van der Waals surface area contributed by atoms with Gasteiger partial charge in [0.15, 0.2) is 0 Å². The number of carboxylic acid groups (broad SMARTS) is 1. The van der Waals surface area contributed by atoms with Crippen LogP contribution in [-0.4, -0.2) is 29.2 Å². The fraction of sp³-hybridized carbons (Fsp3) is 0.364. The van der Waals surface area contributed by atoms with Crippen LogP contribution in [0, 0.1) is 0 Å². The average molecular weight is 260 g/mol. The number of anilines is 1. The van der Waals surface area contributed by atoms with Crippen LogP contribution < -0.4 is 5.32 Å². The quantitative estimate of drug-likeness (QED) is 0.754. The third-order valence-electron chi connectivity index (χ3n) is 2.77. The van der Waals surface area contributed by atoms with Crippen LogP contribution in [0.1, 0.15) is 11.1 Å². The molecule has 98 valence electrons. The van der Waals surface area contributed by atoms with Gasteiger partial charge in [0, 0.05) is 18.8 Å². The molecule has 0 radical (unpaired) electrons. The summed E-state index contributed by atoms with van der Waals surface area (Å²) in [6.45, 7) is 0.627. The number of halogens is 3. The predicted octanol–water partition coefficient (Wildman–Crippen LogP) is 2.61. The Morgan fingerprint density at radius 2 is 2.11 bits per heavy atom. The average Bonchev–Trinajstić information content (AvgIpc) is 2.48. The molecule has 7 heteroatoms. The lowest BCUT2D eigenvalue weighted by Crippen LogP contribution is -2.31. The second-order valence-electron chi connectivity index (χ2n) is 4.00. The second kappa shape index (κ2) is 4.40. The maximum absolute atomic E-state index is 12.5. The summed E-state index contributed by atoms with van der Waals surface area (Å²) in [7, 11) is 0. The van der Waals surface area contributed by atoms with Crippen molar-refractivity contribution in [3.05, 3.63) is 29.3 Å². The smallest absolute Gasteiger partial charge is 0.416 e. The highest BCUT2D eigenvalue weighted by Gasteiger charge is 2.31. The normalized spacial score (nSPS) is 15.6. The standard InChI is InChI=1S/C11H11F3N2O2/c12-11(13,14)8-2-1-7-6-16(10(17)18)4-3-15-9(7)5-8/h1-2,5,15H,3-4,6H2,(H,17,18). The van der Waals surface area contributed by atoms with E-state index in [1.807, 2.05) is 0 Å². The van der Waals surface area contributed by atoms with E-state index in [0.29, 0.717) is 17.8 Å². The van der Waals surface area contributed by atoms with Gasteiger partial charge in [-0.05, 0) is 17.7 Å². The van der Waals surface area contributed by atoms with Crippen LogP contribution in [0.25, 0.3) is 0 Å². The van der Waals surface area contributed by atoms with Crippen LogP contribution in [0.4, 0.5) is 23.7 Å². The van der Waals surface area contributed by atoms with Gasteiger partial charge in [-0.3, -0.25) is 0 Å². The first kappa shape index (κ1) is 12.5. The van der Waals surface area contributed by atoms with E-state index in [1.165, 1.54) is 6.07 Å². The lowest BCUT2D eigenvalue weighted by atomic mass is 10.1. The van der Waals surface area contributed by atoms with Gasteiger partial charge in [0.25, 0.3) is 0 Å². The summed E-state index contributed by atoms with van der Waals surface area (Å²) in [6, 6.07) is 3.29. The van der Waals surface area contributed by atoms with E-state index in [1.54, 1.807) is 0 Å². The zero-order chi connectivity index (χ0) is 13.3. The molecule has 0 aromatic heterocycles. The Balaban J connectivity index is 2.32. The number of hydrogen-bond donors (Lipinski definition) is 2. The van der Waals surface area contributed by atoms with Crippen molar-refractivity contribution in [1.29, 1.82) is 0 Å². The molecule has 4 nitrogen and oxygen atoms in total. The van der Waals surface area contributed by atoms with E-state index in [2.05, 4.69) is 5.32 Å². The summed E-state index contributed by atoms with van der Waals surface area (Å²) in [5, 5.41) is 11.7. The topological polar surface area (TPSA) is 52.6 Å². The number of amides is 1. The highest BCUT2D eigenvalue weighted by Crippen LogP contribution is 2.33. The van der Waals surface area contributed by atoms with Gasteiger partial charge in [0.05, 0.1) is 12.1 Å². The van der Waals surface area contributed by atoms with E-state index in [-0.39, 0.29) is 13.1 Å². The van der Waals surface area contributed by atoms with Crippen LogP contribution in [0.15, 0.2) is 18.2 Å². The molecule has 1 amide bonds. The molecule has 0 saturated heterocycles. The SMILES string of the molecule is O=C(O)N1CCNc2cc(C(F)(F)F)ccc2C1. The lowest BCUT2D eigenvalue weighted by Gasteiger charge is -2.16. The first-order chi connectivity index (χ1) is 8.38. The summed E-state index contributed by atoms with van der Waals surface area (Å²) in [4.78, 5) is 12.0. The highest BCUT2D eigenvalue weighted by molar-refractivity contribution is 5.66. The fourth-order valence-corrected chi connectivity index (χ4v) is 1.83. The first-order valence-electron chi connectivity index (χ1n) is 5.30. The number of carbonyl (C=O) groups is 1.